The summed E-state index contributed by atoms with van der Waals surface area (Å²) in [5.41, 5.74) is 0. The van der Waals surface area contributed by atoms with Crippen molar-refractivity contribution in [3.05, 3.63) is 63.3 Å². The van der Waals surface area contributed by atoms with Crippen molar-refractivity contribution in [2.75, 3.05) is 0 Å². The molecule has 0 amide bonds. The molecule has 0 fully saturated rings. The largest absolute Gasteiger partial charge is 0.484 e. The third-order valence-electron chi connectivity index (χ3n) is 3.47. The molecule has 0 spiro atoms. The van der Waals surface area contributed by atoms with Gasteiger partial charge in [0.15, 0.2) is 0 Å². The summed E-state index contributed by atoms with van der Waals surface area (Å²) in [6.45, 7) is 0. The molecule has 2 aromatic rings. The Morgan fingerprint density at radius 3 is 1.24 bits per heavy atom. The molecule has 2 aromatic carbocycles. The fourth-order valence-corrected chi connectivity index (χ4v) is 7.29. The van der Waals surface area contributed by atoms with Gasteiger partial charge in [-0.2, -0.15) is 0 Å². The van der Waals surface area contributed by atoms with Crippen LogP contribution in [0.5, 0.6) is 11.5 Å². The number of halogens is 6. The van der Waals surface area contributed by atoms with Gasteiger partial charge in [-0.05, 0) is 100 Å². The van der Waals surface area contributed by atoms with E-state index in [1.165, 1.54) is 0 Å². The molecule has 0 saturated carbocycles. The maximum absolute atomic E-state index is 6.13. The zero-order valence-electron chi connectivity index (χ0n) is 12.4. The van der Waals surface area contributed by atoms with Gasteiger partial charge < -0.3 is 9.47 Å². The minimum Gasteiger partial charge on any atom is -0.484 e. The molecular weight excluding hydrogens is 716 g/mol. The second kappa shape index (κ2) is 8.78. The van der Waals surface area contributed by atoms with Gasteiger partial charge in [0, 0.05) is 15.4 Å². The van der Waals surface area contributed by atoms with E-state index in [4.69, 9.17) is 9.47 Å². The van der Waals surface area contributed by atoms with Crippen LogP contribution in [0.15, 0.2) is 63.3 Å². The lowest BCUT2D eigenvalue weighted by atomic mass is 10.2. The summed E-state index contributed by atoms with van der Waals surface area (Å²) in [5.74, 6) is 1.56. The topological polar surface area (TPSA) is 18.5 Å². The van der Waals surface area contributed by atoms with E-state index in [9.17, 15) is 0 Å². The zero-order chi connectivity index (χ0) is 18.1. The molecule has 0 heterocycles. The molecule has 2 atom stereocenters. The molecule has 8 heteroatoms. The summed E-state index contributed by atoms with van der Waals surface area (Å²) in [7, 11) is 0. The molecule has 0 aliphatic heterocycles. The fraction of sp³-hybridized carbons (Fsp3) is 0.176. The van der Waals surface area contributed by atoms with E-state index >= 15 is 0 Å². The van der Waals surface area contributed by atoms with Gasteiger partial charge in [-0.15, -0.1) is 0 Å². The van der Waals surface area contributed by atoms with Gasteiger partial charge in [0.1, 0.15) is 23.7 Å². The van der Waals surface area contributed by atoms with Gasteiger partial charge in [-0.3, -0.25) is 0 Å². The van der Waals surface area contributed by atoms with E-state index in [2.05, 4.69) is 95.6 Å². The van der Waals surface area contributed by atoms with Gasteiger partial charge in [0.2, 0.25) is 0 Å². The van der Waals surface area contributed by atoms with Gasteiger partial charge >= 0.3 is 0 Å². The molecule has 0 aromatic heterocycles. The average molecular weight is 726 g/mol. The Labute approximate surface area is 196 Å². The van der Waals surface area contributed by atoms with E-state index in [0.29, 0.717) is 0 Å². The molecular formula is C17H10Br6O2. The summed E-state index contributed by atoms with van der Waals surface area (Å²) in [6.07, 6.45) is 4.71. The Kier molecular flexibility index (Phi) is 7.16. The Balaban J connectivity index is 1.69. The molecule has 0 saturated heterocycles. The minimum atomic E-state index is -0.0493. The Morgan fingerprint density at radius 1 is 0.600 bits per heavy atom. The highest BCUT2D eigenvalue weighted by Gasteiger charge is 2.25. The van der Waals surface area contributed by atoms with E-state index in [1.807, 2.05) is 36.4 Å². The third kappa shape index (κ3) is 5.13. The van der Waals surface area contributed by atoms with Gasteiger partial charge in [0.25, 0.3) is 0 Å². The molecule has 0 radical (unpaired) electrons. The van der Waals surface area contributed by atoms with E-state index in [0.717, 1.165) is 44.8 Å². The van der Waals surface area contributed by atoms with Crippen LogP contribution in [0.25, 0.3) is 0 Å². The zero-order valence-corrected chi connectivity index (χ0v) is 21.9. The van der Waals surface area contributed by atoms with Crippen molar-refractivity contribution in [2.24, 2.45) is 0 Å². The number of hydrogen-bond donors (Lipinski definition) is 0. The van der Waals surface area contributed by atoms with Crippen molar-refractivity contribution in [3.63, 3.8) is 0 Å². The standard InChI is InChI=1S/C17H10Br6O2/c18-8-3-12(20)16(13(21)4-8)24-10-1-2-11(7-10)25-17-14(22)5-9(19)6-15(17)23/h1-6,10-11H,7H2/t10-,11+. The molecule has 2 nitrogen and oxygen atoms in total. The number of benzene rings is 2. The van der Waals surface area contributed by atoms with Crippen molar-refractivity contribution in [1.29, 1.82) is 0 Å². The van der Waals surface area contributed by atoms with Crippen molar-refractivity contribution in [1.82, 2.24) is 0 Å². The lowest BCUT2D eigenvalue weighted by Crippen LogP contribution is -2.19. The molecule has 0 unspecified atom stereocenters. The number of ether oxygens (including phenoxy) is 2. The summed E-state index contributed by atoms with van der Waals surface area (Å²) in [4.78, 5) is 0. The number of hydrogen-bond acceptors (Lipinski definition) is 2. The molecule has 3 rings (SSSR count). The monoisotopic (exact) mass is 720 g/mol. The maximum Gasteiger partial charge on any atom is 0.148 e. The molecule has 1 aliphatic rings. The van der Waals surface area contributed by atoms with E-state index < -0.39 is 0 Å². The molecule has 1 aliphatic carbocycles. The number of rotatable bonds is 4. The van der Waals surface area contributed by atoms with Crippen LogP contribution in [-0.2, 0) is 0 Å². The van der Waals surface area contributed by atoms with Crippen LogP contribution in [0.3, 0.4) is 0 Å². The second-order valence-corrected chi connectivity index (χ2v) is 10.6. The summed E-state index contributed by atoms with van der Waals surface area (Å²) in [5, 5.41) is 0. The summed E-state index contributed by atoms with van der Waals surface area (Å²) in [6, 6.07) is 7.84. The predicted octanol–water partition coefficient (Wildman–Crippen LogP) is 8.42. The van der Waals surface area contributed by atoms with Gasteiger partial charge in [-0.25, -0.2) is 0 Å². The predicted molar refractivity (Wildman–Crippen MR) is 122 cm³/mol. The molecule has 0 bridgehead atoms. The van der Waals surface area contributed by atoms with Gasteiger partial charge in [-0.1, -0.05) is 31.9 Å². The van der Waals surface area contributed by atoms with Gasteiger partial charge in [0.05, 0.1) is 17.9 Å². The van der Waals surface area contributed by atoms with Crippen LogP contribution in [0.1, 0.15) is 6.42 Å². The third-order valence-corrected chi connectivity index (χ3v) is 6.74. The minimum absolute atomic E-state index is 0.0493. The lowest BCUT2D eigenvalue weighted by Gasteiger charge is -2.19. The van der Waals surface area contributed by atoms with E-state index in [-0.39, 0.29) is 12.2 Å². The second-order valence-electron chi connectivity index (χ2n) is 5.33. The highest BCUT2D eigenvalue weighted by atomic mass is 79.9. The first-order chi connectivity index (χ1) is 11.8. The Hall–Kier alpha value is 0.660. The van der Waals surface area contributed by atoms with Crippen LogP contribution >= 0.6 is 95.6 Å². The average Bonchev–Trinajstić information content (AvgIpc) is 2.94. The molecule has 132 valence electrons. The van der Waals surface area contributed by atoms with E-state index in [1.54, 1.807) is 0 Å². The van der Waals surface area contributed by atoms with Crippen LogP contribution in [0.2, 0.25) is 0 Å². The SMILES string of the molecule is Brc1cc(Br)c(O[C@@H]2C=C[C@H](Oc3c(Br)cc(Br)cc3Br)C2)c(Br)c1. The van der Waals surface area contributed by atoms with Crippen molar-refractivity contribution < 1.29 is 9.47 Å². The van der Waals surface area contributed by atoms with Crippen LogP contribution < -0.4 is 9.47 Å². The quantitative estimate of drug-likeness (QED) is 0.295. The summed E-state index contributed by atoms with van der Waals surface area (Å²) < 4.78 is 17.8. The van der Waals surface area contributed by atoms with Crippen LogP contribution in [0.4, 0.5) is 0 Å². The van der Waals surface area contributed by atoms with Crippen molar-refractivity contribution in [2.45, 2.75) is 18.6 Å². The lowest BCUT2D eigenvalue weighted by molar-refractivity contribution is 0.177. The summed E-state index contributed by atoms with van der Waals surface area (Å²) >= 11 is 21.1. The van der Waals surface area contributed by atoms with Crippen LogP contribution in [-0.4, -0.2) is 12.2 Å². The molecule has 0 N–H and O–H groups in total. The van der Waals surface area contributed by atoms with Crippen molar-refractivity contribution in [3.8, 4) is 11.5 Å². The highest BCUT2D eigenvalue weighted by molar-refractivity contribution is 9.12. The first kappa shape index (κ1) is 20.4. The first-order valence-corrected chi connectivity index (χ1v) is 11.9. The van der Waals surface area contributed by atoms with Crippen LogP contribution in [0, 0.1) is 0 Å². The normalized spacial score (nSPS) is 19.3. The fourth-order valence-electron chi connectivity index (χ4n) is 2.39. The highest BCUT2D eigenvalue weighted by Crippen LogP contribution is 2.40. The Bertz CT molecular complexity index is 722. The first-order valence-electron chi connectivity index (χ1n) is 7.14. The Morgan fingerprint density at radius 2 is 0.920 bits per heavy atom. The van der Waals surface area contributed by atoms with Crippen molar-refractivity contribution >= 4 is 95.6 Å². The molecule has 25 heavy (non-hydrogen) atoms. The smallest absolute Gasteiger partial charge is 0.148 e. The maximum atomic E-state index is 6.13.